The van der Waals surface area contributed by atoms with Gasteiger partial charge in [-0.15, -0.1) is 0 Å². The fourth-order valence-corrected chi connectivity index (χ4v) is 2.25. The van der Waals surface area contributed by atoms with Gasteiger partial charge in [0.25, 0.3) is 0 Å². The SMILES string of the molecule is CCCCN(CC(=O)Nc1c(C)cccc1CC)C(C)=O. The van der Waals surface area contributed by atoms with E-state index in [4.69, 9.17) is 0 Å². The van der Waals surface area contributed by atoms with E-state index in [2.05, 4.69) is 19.2 Å². The molecule has 2 amide bonds. The molecule has 116 valence electrons. The Balaban J connectivity index is 2.74. The van der Waals surface area contributed by atoms with Crippen molar-refractivity contribution in [3.8, 4) is 0 Å². The molecule has 0 unspecified atom stereocenters. The van der Waals surface area contributed by atoms with Gasteiger partial charge in [0.05, 0.1) is 6.54 Å². The first-order valence-corrected chi connectivity index (χ1v) is 7.63. The van der Waals surface area contributed by atoms with Crippen LogP contribution < -0.4 is 5.32 Å². The van der Waals surface area contributed by atoms with Gasteiger partial charge in [-0.25, -0.2) is 0 Å². The number of aryl methyl sites for hydroxylation is 2. The molecule has 0 spiro atoms. The molecule has 0 radical (unpaired) electrons. The maximum atomic E-state index is 12.2. The molecule has 1 N–H and O–H groups in total. The maximum absolute atomic E-state index is 12.2. The molecule has 0 saturated carbocycles. The maximum Gasteiger partial charge on any atom is 0.244 e. The van der Waals surface area contributed by atoms with Gasteiger partial charge in [-0.3, -0.25) is 9.59 Å². The van der Waals surface area contributed by atoms with Crippen molar-refractivity contribution in [2.45, 2.75) is 47.0 Å². The number of hydrogen-bond donors (Lipinski definition) is 1. The smallest absolute Gasteiger partial charge is 0.244 e. The number of amides is 2. The van der Waals surface area contributed by atoms with E-state index in [1.807, 2.05) is 25.1 Å². The first-order chi connectivity index (χ1) is 9.99. The van der Waals surface area contributed by atoms with E-state index in [1.165, 1.54) is 6.92 Å². The number of para-hydroxylation sites is 1. The summed E-state index contributed by atoms with van der Waals surface area (Å²) in [5, 5.41) is 2.96. The molecule has 21 heavy (non-hydrogen) atoms. The number of hydrogen-bond acceptors (Lipinski definition) is 2. The highest BCUT2D eigenvalue weighted by Crippen LogP contribution is 2.21. The van der Waals surface area contributed by atoms with Crippen molar-refractivity contribution in [2.75, 3.05) is 18.4 Å². The van der Waals surface area contributed by atoms with Gasteiger partial charge in [-0.1, -0.05) is 38.5 Å². The van der Waals surface area contributed by atoms with Gasteiger partial charge >= 0.3 is 0 Å². The first kappa shape index (κ1) is 17.2. The van der Waals surface area contributed by atoms with Crippen LogP contribution in [0.15, 0.2) is 18.2 Å². The van der Waals surface area contributed by atoms with Gasteiger partial charge < -0.3 is 10.2 Å². The van der Waals surface area contributed by atoms with E-state index in [9.17, 15) is 9.59 Å². The molecule has 0 atom stereocenters. The molecule has 0 fully saturated rings. The van der Waals surface area contributed by atoms with E-state index >= 15 is 0 Å². The second kappa shape index (κ2) is 8.45. The van der Waals surface area contributed by atoms with Crippen molar-refractivity contribution in [1.29, 1.82) is 0 Å². The van der Waals surface area contributed by atoms with Crippen molar-refractivity contribution >= 4 is 17.5 Å². The molecular formula is C17H26N2O2. The summed E-state index contributed by atoms with van der Waals surface area (Å²) in [6, 6.07) is 5.99. The lowest BCUT2D eigenvalue weighted by molar-refractivity contribution is -0.132. The molecule has 1 aromatic carbocycles. The third-order valence-electron chi connectivity index (χ3n) is 3.57. The van der Waals surface area contributed by atoms with Crippen LogP contribution in [0.4, 0.5) is 5.69 Å². The average Bonchev–Trinajstić information content (AvgIpc) is 2.45. The van der Waals surface area contributed by atoms with Crippen molar-refractivity contribution in [2.24, 2.45) is 0 Å². The Morgan fingerprint density at radius 2 is 1.95 bits per heavy atom. The molecule has 0 aliphatic rings. The molecule has 4 heteroatoms. The van der Waals surface area contributed by atoms with Crippen LogP contribution in [-0.4, -0.2) is 29.8 Å². The van der Waals surface area contributed by atoms with Gasteiger partial charge in [0, 0.05) is 19.2 Å². The summed E-state index contributed by atoms with van der Waals surface area (Å²) in [7, 11) is 0. The zero-order chi connectivity index (χ0) is 15.8. The van der Waals surface area contributed by atoms with Gasteiger partial charge in [0.1, 0.15) is 0 Å². The predicted molar refractivity (Wildman–Crippen MR) is 86.3 cm³/mol. The summed E-state index contributed by atoms with van der Waals surface area (Å²) in [5.74, 6) is -0.190. The second-order valence-electron chi connectivity index (χ2n) is 5.30. The Morgan fingerprint density at radius 1 is 1.24 bits per heavy atom. The number of carbonyl (C=O) groups is 2. The van der Waals surface area contributed by atoms with Crippen molar-refractivity contribution in [1.82, 2.24) is 4.90 Å². The number of carbonyl (C=O) groups excluding carboxylic acids is 2. The Labute approximate surface area is 127 Å². The van der Waals surface area contributed by atoms with E-state index in [0.29, 0.717) is 6.54 Å². The minimum atomic E-state index is -0.134. The van der Waals surface area contributed by atoms with Gasteiger partial charge in [0.2, 0.25) is 11.8 Å². The van der Waals surface area contributed by atoms with Crippen molar-refractivity contribution in [3.63, 3.8) is 0 Å². The third kappa shape index (κ3) is 5.21. The topological polar surface area (TPSA) is 49.4 Å². The summed E-state index contributed by atoms with van der Waals surface area (Å²) in [4.78, 5) is 25.4. The number of nitrogens with zero attached hydrogens (tertiary/aromatic N) is 1. The lowest BCUT2D eigenvalue weighted by atomic mass is 10.1. The fraction of sp³-hybridized carbons (Fsp3) is 0.529. The molecule has 1 rings (SSSR count). The molecule has 0 aliphatic carbocycles. The summed E-state index contributed by atoms with van der Waals surface area (Å²) >= 11 is 0. The molecule has 4 nitrogen and oxygen atoms in total. The van der Waals surface area contributed by atoms with E-state index < -0.39 is 0 Å². The van der Waals surface area contributed by atoms with Crippen LogP contribution in [0.3, 0.4) is 0 Å². The molecule has 0 aromatic heterocycles. The van der Waals surface area contributed by atoms with E-state index in [-0.39, 0.29) is 18.4 Å². The van der Waals surface area contributed by atoms with Gasteiger partial charge in [-0.2, -0.15) is 0 Å². The molecule has 0 bridgehead atoms. The van der Waals surface area contributed by atoms with Crippen molar-refractivity contribution < 1.29 is 9.59 Å². The first-order valence-electron chi connectivity index (χ1n) is 7.63. The van der Waals surface area contributed by atoms with Crippen LogP contribution in [0.1, 0.15) is 44.7 Å². The minimum absolute atomic E-state index is 0.0564. The Kier molecular flexibility index (Phi) is 6.92. The third-order valence-corrected chi connectivity index (χ3v) is 3.57. The second-order valence-corrected chi connectivity index (χ2v) is 5.30. The fourth-order valence-electron chi connectivity index (χ4n) is 2.25. The largest absolute Gasteiger partial charge is 0.334 e. The summed E-state index contributed by atoms with van der Waals surface area (Å²) in [5.41, 5.74) is 3.04. The molecule has 0 heterocycles. The molecule has 0 aliphatic heterocycles. The normalized spacial score (nSPS) is 10.3. The number of benzene rings is 1. The zero-order valence-electron chi connectivity index (χ0n) is 13.5. The minimum Gasteiger partial charge on any atom is -0.334 e. The standard InChI is InChI=1S/C17H26N2O2/c1-5-7-11-19(14(4)20)12-16(21)18-17-13(3)9-8-10-15(17)6-2/h8-10H,5-7,11-12H2,1-4H3,(H,18,21). The monoisotopic (exact) mass is 290 g/mol. The average molecular weight is 290 g/mol. The van der Waals surface area contributed by atoms with Crippen LogP contribution >= 0.6 is 0 Å². The van der Waals surface area contributed by atoms with Gasteiger partial charge in [0.15, 0.2) is 0 Å². The Bertz CT molecular complexity index is 498. The summed E-state index contributed by atoms with van der Waals surface area (Å²) in [6.45, 7) is 8.37. The summed E-state index contributed by atoms with van der Waals surface area (Å²) < 4.78 is 0. The van der Waals surface area contributed by atoms with E-state index in [0.717, 1.165) is 36.1 Å². The van der Waals surface area contributed by atoms with Crippen molar-refractivity contribution in [3.05, 3.63) is 29.3 Å². The Morgan fingerprint density at radius 3 is 2.52 bits per heavy atom. The lowest BCUT2D eigenvalue weighted by Gasteiger charge is -2.21. The lowest BCUT2D eigenvalue weighted by Crippen LogP contribution is -2.37. The summed E-state index contributed by atoms with van der Waals surface area (Å²) in [6.07, 6.45) is 2.78. The molecular weight excluding hydrogens is 264 g/mol. The Hall–Kier alpha value is -1.84. The number of nitrogens with one attached hydrogen (secondary N) is 1. The molecule has 1 aromatic rings. The van der Waals surface area contributed by atoms with Crippen LogP contribution in [-0.2, 0) is 16.0 Å². The highest BCUT2D eigenvalue weighted by molar-refractivity contribution is 5.95. The highest BCUT2D eigenvalue weighted by atomic mass is 16.2. The zero-order valence-corrected chi connectivity index (χ0v) is 13.5. The van der Waals surface area contributed by atoms with Crippen LogP contribution in [0.25, 0.3) is 0 Å². The predicted octanol–water partition coefficient (Wildman–Crippen LogP) is 3.14. The van der Waals surface area contributed by atoms with Gasteiger partial charge in [-0.05, 0) is 30.9 Å². The highest BCUT2D eigenvalue weighted by Gasteiger charge is 2.14. The molecule has 0 saturated heterocycles. The van der Waals surface area contributed by atoms with Crippen LogP contribution in [0.2, 0.25) is 0 Å². The number of rotatable bonds is 7. The number of anilines is 1. The number of unbranched alkanes of at least 4 members (excludes halogenated alkanes) is 1. The van der Waals surface area contributed by atoms with Crippen LogP contribution in [0.5, 0.6) is 0 Å². The quantitative estimate of drug-likeness (QED) is 0.838. The van der Waals surface area contributed by atoms with E-state index in [1.54, 1.807) is 4.90 Å². The van der Waals surface area contributed by atoms with Crippen LogP contribution in [0, 0.1) is 6.92 Å².